The molecule has 0 saturated heterocycles. The molecule has 1 aromatic rings. The molecule has 0 aromatic heterocycles. The average Bonchev–Trinajstić information content (AvgIpc) is 2.88. The first-order chi connectivity index (χ1) is 7.00. The van der Waals surface area contributed by atoms with E-state index in [0.29, 0.717) is 12.0 Å². The van der Waals surface area contributed by atoms with Gasteiger partial charge in [0, 0.05) is 11.6 Å². The van der Waals surface area contributed by atoms with E-state index in [0.717, 1.165) is 25.3 Å². The van der Waals surface area contributed by atoms with Crippen LogP contribution >= 0.6 is 11.6 Å². The molecule has 82 valence electrons. The van der Waals surface area contributed by atoms with Crippen LogP contribution in [-0.4, -0.2) is 5.54 Å². The molecular formula is C11H12ClF2N. The summed E-state index contributed by atoms with van der Waals surface area (Å²) in [5.74, 6) is -1.29. The van der Waals surface area contributed by atoms with Gasteiger partial charge in [-0.05, 0) is 37.3 Å². The highest BCUT2D eigenvalue weighted by Crippen LogP contribution is 2.37. The summed E-state index contributed by atoms with van der Waals surface area (Å²) in [6, 6.07) is 2.07. The van der Waals surface area contributed by atoms with E-state index in [1.165, 1.54) is 6.07 Å². The number of nitrogens with two attached hydrogens (primary N) is 1. The van der Waals surface area contributed by atoms with Gasteiger partial charge < -0.3 is 5.73 Å². The first kappa shape index (κ1) is 10.8. The second-order valence-electron chi connectivity index (χ2n) is 4.22. The summed E-state index contributed by atoms with van der Waals surface area (Å²) in [5.41, 5.74) is 6.28. The van der Waals surface area contributed by atoms with Crippen molar-refractivity contribution in [3.63, 3.8) is 0 Å². The maximum Gasteiger partial charge on any atom is 0.144 e. The molecule has 0 radical (unpaired) electrons. The largest absolute Gasteiger partial charge is 0.325 e. The van der Waals surface area contributed by atoms with Gasteiger partial charge in [-0.1, -0.05) is 11.6 Å². The Morgan fingerprint density at radius 1 is 1.33 bits per heavy atom. The van der Waals surface area contributed by atoms with Gasteiger partial charge in [-0.2, -0.15) is 0 Å². The Hall–Kier alpha value is -0.670. The van der Waals surface area contributed by atoms with Crippen molar-refractivity contribution in [2.75, 3.05) is 0 Å². The summed E-state index contributed by atoms with van der Waals surface area (Å²) in [6.07, 6.45) is 3.24. The highest BCUT2D eigenvalue weighted by Gasteiger charge is 2.37. The zero-order valence-corrected chi connectivity index (χ0v) is 8.95. The molecule has 1 saturated carbocycles. The van der Waals surface area contributed by atoms with Crippen LogP contribution in [0.25, 0.3) is 0 Å². The van der Waals surface area contributed by atoms with Gasteiger partial charge in [-0.25, -0.2) is 8.78 Å². The Balaban J connectivity index is 2.13. The fourth-order valence-electron chi connectivity index (χ4n) is 1.59. The molecule has 1 fully saturated rings. The van der Waals surface area contributed by atoms with Gasteiger partial charge in [0.25, 0.3) is 0 Å². The summed E-state index contributed by atoms with van der Waals surface area (Å²) < 4.78 is 26.0. The van der Waals surface area contributed by atoms with Crippen molar-refractivity contribution in [3.05, 3.63) is 34.4 Å². The molecule has 1 aromatic carbocycles. The van der Waals surface area contributed by atoms with E-state index in [-0.39, 0.29) is 10.6 Å². The average molecular weight is 232 g/mol. The molecule has 0 heterocycles. The van der Waals surface area contributed by atoms with Crippen LogP contribution in [0, 0.1) is 11.6 Å². The lowest BCUT2D eigenvalue weighted by atomic mass is 10.0. The summed E-state index contributed by atoms with van der Waals surface area (Å²) in [5, 5.41) is 0.0145. The van der Waals surface area contributed by atoms with E-state index < -0.39 is 11.6 Å². The van der Waals surface area contributed by atoms with Crippen LogP contribution in [-0.2, 0) is 6.42 Å². The predicted molar refractivity (Wildman–Crippen MR) is 55.8 cm³/mol. The zero-order valence-electron chi connectivity index (χ0n) is 8.19. The van der Waals surface area contributed by atoms with Gasteiger partial charge in [0.05, 0.1) is 5.02 Å². The topological polar surface area (TPSA) is 26.0 Å². The maximum atomic E-state index is 13.1. The van der Waals surface area contributed by atoms with Crippen molar-refractivity contribution in [1.29, 1.82) is 0 Å². The summed E-state index contributed by atoms with van der Waals surface area (Å²) in [6.45, 7) is 0. The summed E-state index contributed by atoms with van der Waals surface area (Å²) in [4.78, 5) is 0. The third-order valence-electron chi connectivity index (χ3n) is 2.85. The minimum absolute atomic E-state index is 0.0145. The number of rotatable bonds is 3. The van der Waals surface area contributed by atoms with Crippen LogP contribution < -0.4 is 5.73 Å². The van der Waals surface area contributed by atoms with Crippen molar-refractivity contribution < 1.29 is 8.78 Å². The minimum Gasteiger partial charge on any atom is -0.325 e. The Labute approximate surface area is 92.2 Å². The molecule has 0 atom stereocenters. The maximum absolute atomic E-state index is 13.1. The molecule has 0 aliphatic heterocycles. The highest BCUT2D eigenvalue weighted by molar-refractivity contribution is 6.31. The number of hydrogen-bond acceptors (Lipinski definition) is 1. The highest BCUT2D eigenvalue weighted by atomic mass is 35.5. The fraction of sp³-hybridized carbons (Fsp3) is 0.455. The predicted octanol–water partition coefficient (Wildman–Crippen LogP) is 3.04. The Morgan fingerprint density at radius 2 is 2.00 bits per heavy atom. The van der Waals surface area contributed by atoms with Crippen molar-refractivity contribution in [2.45, 2.75) is 31.2 Å². The molecule has 1 nitrogen and oxygen atoms in total. The Bertz CT molecular complexity index is 388. The molecule has 0 unspecified atom stereocenters. The molecule has 0 spiro atoms. The van der Waals surface area contributed by atoms with Crippen LogP contribution in [0.4, 0.5) is 8.78 Å². The number of halogens is 3. The SMILES string of the molecule is NC1(CCc2cc(F)cc(F)c2Cl)CC1. The van der Waals surface area contributed by atoms with Crippen LogP contribution in [0.15, 0.2) is 12.1 Å². The van der Waals surface area contributed by atoms with Gasteiger partial charge in [-0.15, -0.1) is 0 Å². The molecule has 15 heavy (non-hydrogen) atoms. The molecule has 0 bridgehead atoms. The molecule has 2 N–H and O–H groups in total. The summed E-state index contributed by atoms with van der Waals surface area (Å²) >= 11 is 5.73. The first-order valence-electron chi connectivity index (χ1n) is 4.92. The lowest BCUT2D eigenvalue weighted by molar-refractivity contribution is 0.570. The molecule has 0 amide bonds. The molecule has 1 aliphatic rings. The number of aryl methyl sites for hydroxylation is 1. The number of hydrogen-bond donors (Lipinski definition) is 1. The zero-order chi connectivity index (χ0) is 11.1. The molecular weight excluding hydrogens is 220 g/mol. The third-order valence-corrected chi connectivity index (χ3v) is 3.28. The lowest BCUT2D eigenvalue weighted by Crippen LogP contribution is -2.22. The molecule has 1 aliphatic carbocycles. The van der Waals surface area contributed by atoms with Crippen molar-refractivity contribution in [1.82, 2.24) is 0 Å². The standard InChI is InChI=1S/C11H12ClF2N/c12-10-7(1-2-11(15)3-4-11)5-8(13)6-9(10)14/h5-6H,1-4,15H2. The lowest BCUT2D eigenvalue weighted by Gasteiger charge is -2.09. The third kappa shape index (κ3) is 2.47. The normalized spacial score (nSPS) is 17.9. The quantitative estimate of drug-likeness (QED) is 0.795. The smallest absolute Gasteiger partial charge is 0.144 e. The van der Waals surface area contributed by atoms with Gasteiger partial charge in [-0.3, -0.25) is 0 Å². The molecule has 4 heteroatoms. The van der Waals surface area contributed by atoms with E-state index in [4.69, 9.17) is 17.3 Å². The summed E-state index contributed by atoms with van der Waals surface area (Å²) in [7, 11) is 0. The second kappa shape index (κ2) is 3.72. The van der Waals surface area contributed by atoms with Crippen LogP contribution in [0.3, 0.4) is 0 Å². The van der Waals surface area contributed by atoms with Crippen LogP contribution in [0.2, 0.25) is 5.02 Å². The van der Waals surface area contributed by atoms with E-state index in [1.807, 2.05) is 0 Å². The monoisotopic (exact) mass is 231 g/mol. The van der Waals surface area contributed by atoms with Gasteiger partial charge in [0.2, 0.25) is 0 Å². The Morgan fingerprint density at radius 3 is 2.60 bits per heavy atom. The van der Waals surface area contributed by atoms with Gasteiger partial charge in [0.15, 0.2) is 0 Å². The van der Waals surface area contributed by atoms with E-state index in [9.17, 15) is 8.78 Å². The molecule has 2 rings (SSSR count). The van der Waals surface area contributed by atoms with Crippen molar-refractivity contribution >= 4 is 11.6 Å². The minimum atomic E-state index is -0.700. The Kier molecular flexibility index (Phi) is 2.69. The van der Waals surface area contributed by atoms with E-state index >= 15 is 0 Å². The van der Waals surface area contributed by atoms with Gasteiger partial charge in [0.1, 0.15) is 11.6 Å². The van der Waals surface area contributed by atoms with Crippen molar-refractivity contribution in [2.24, 2.45) is 5.73 Å². The van der Waals surface area contributed by atoms with E-state index in [2.05, 4.69) is 0 Å². The number of benzene rings is 1. The van der Waals surface area contributed by atoms with Crippen LogP contribution in [0.1, 0.15) is 24.8 Å². The second-order valence-corrected chi connectivity index (χ2v) is 4.60. The van der Waals surface area contributed by atoms with Crippen molar-refractivity contribution in [3.8, 4) is 0 Å². The van der Waals surface area contributed by atoms with Gasteiger partial charge >= 0.3 is 0 Å². The van der Waals surface area contributed by atoms with Crippen LogP contribution in [0.5, 0.6) is 0 Å². The van der Waals surface area contributed by atoms with E-state index in [1.54, 1.807) is 0 Å². The fourth-order valence-corrected chi connectivity index (χ4v) is 1.79. The first-order valence-corrected chi connectivity index (χ1v) is 5.30.